The largest absolute Gasteiger partial charge is 0.295 e. The summed E-state index contributed by atoms with van der Waals surface area (Å²) in [6.07, 6.45) is 0. The highest BCUT2D eigenvalue weighted by Crippen LogP contribution is 2.39. The van der Waals surface area contributed by atoms with Gasteiger partial charge in [-0.15, -0.1) is 0 Å². The fourth-order valence-corrected chi connectivity index (χ4v) is 4.43. The molecule has 1 heteroatoms. The predicted octanol–water partition coefficient (Wildman–Crippen LogP) is 7.86. The van der Waals surface area contributed by atoms with Crippen molar-refractivity contribution in [1.82, 2.24) is 0 Å². The standard InChI is InChI=1S/C30H28O/c1-21-15-16-25(23-11-7-5-8-12-23)19-28(21)30(3,4)29-20-26(17-18-27(29)22(2)31)24-13-9-6-10-14-24/h5-20H,1-4H3. The third kappa shape index (κ3) is 4.09. The Morgan fingerprint density at radius 1 is 0.613 bits per heavy atom. The molecule has 0 unspecified atom stereocenters. The first-order valence-electron chi connectivity index (χ1n) is 10.8. The number of benzene rings is 4. The number of Topliss-reactive ketones (excluding diaryl/α,β-unsaturated/α-hetero) is 1. The van der Waals surface area contributed by atoms with Gasteiger partial charge < -0.3 is 0 Å². The summed E-state index contributed by atoms with van der Waals surface area (Å²) in [5, 5.41) is 0. The first kappa shape index (κ1) is 20.8. The second kappa shape index (κ2) is 8.35. The van der Waals surface area contributed by atoms with Crippen LogP contribution in [0.15, 0.2) is 97.1 Å². The van der Waals surface area contributed by atoms with E-state index in [0.29, 0.717) is 0 Å². The van der Waals surface area contributed by atoms with E-state index in [4.69, 9.17) is 0 Å². The molecule has 0 saturated heterocycles. The minimum atomic E-state index is -0.333. The van der Waals surface area contributed by atoms with E-state index in [2.05, 4.69) is 87.5 Å². The summed E-state index contributed by atoms with van der Waals surface area (Å²) >= 11 is 0. The average molecular weight is 405 g/mol. The Morgan fingerprint density at radius 3 is 1.61 bits per heavy atom. The SMILES string of the molecule is CC(=O)c1ccc(-c2ccccc2)cc1C(C)(C)c1cc(-c2ccccc2)ccc1C. The molecule has 0 aliphatic carbocycles. The number of carbonyl (C=O) groups excluding carboxylic acids is 1. The highest BCUT2D eigenvalue weighted by atomic mass is 16.1. The second-order valence-corrected chi connectivity index (χ2v) is 8.70. The topological polar surface area (TPSA) is 17.1 Å². The Bertz CT molecular complexity index is 1220. The minimum absolute atomic E-state index is 0.0968. The quantitative estimate of drug-likeness (QED) is 0.309. The van der Waals surface area contributed by atoms with Gasteiger partial charge in [0, 0.05) is 11.0 Å². The van der Waals surface area contributed by atoms with Gasteiger partial charge in [0.05, 0.1) is 0 Å². The molecule has 4 rings (SSSR count). The molecule has 0 amide bonds. The molecule has 31 heavy (non-hydrogen) atoms. The average Bonchev–Trinajstić information content (AvgIpc) is 2.80. The Kier molecular flexibility index (Phi) is 5.61. The molecule has 0 heterocycles. The van der Waals surface area contributed by atoms with E-state index in [1.165, 1.54) is 22.3 Å². The molecule has 1 nitrogen and oxygen atoms in total. The summed E-state index contributed by atoms with van der Waals surface area (Å²) in [6.45, 7) is 8.26. The van der Waals surface area contributed by atoms with Gasteiger partial charge in [0.1, 0.15) is 0 Å². The number of hydrogen-bond donors (Lipinski definition) is 0. The van der Waals surface area contributed by atoms with E-state index in [0.717, 1.165) is 22.3 Å². The number of hydrogen-bond acceptors (Lipinski definition) is 1. The van der Waals surface area contributed by atoms with Crippen LogP contribution in [-0.4, -0.2) is 5.78 Å². The van der Waals surface area contributed by atoms with Crippen molar-refractivity contribution in [2.24, 2.45) is 0 Å². The van der Waals surface area contributed by atoms with Gasteiger partial charge in [0.15, 0.2) is 5.78 Å². The second-order valence-electron chi connectivity index (χ2n) is 8.70. The van der Waals surface area contributed by atoms with Crippen molar-refractivity contribution >= 4 is 5.78 Å². The lowest BCUT2D eigenvalue weighted by Gasteiger charge is -2.31. The number of rotatable bonds is 5. The minimum Gasteiger partial charge on any atom is -0.295 e. The third-order valence-corrected chi connectivity index (χ3v) is 6.20. The van der Waals surface area contributed by atoms with Crippen LogP contribution >= 0.6 is 0 Å². The maximum atomic E-state index is 12.6. The summed E-state index contributed by atoms with van der Waals surface area (Å²) in [5.41, 5.74) is 8.66. The zero-order chi connectivity index (χ0) is 22.0. The summed E-state index contributed by atoms with van der Waals surface area (Å²) in [4.78, 5) is 12.6. The van der Waals surface area contributed by atoms with E-state index < -0.39 is 0 Å². The van der Waals surface area contributed by atoms with E-state index >= 15 is 0 Å². The van der Waals surface area contributed by atoms with Gasteiger partial charge in [-0.3, -0.25) is 4.79 Å². The molecule has 0 atom stereocenters. The van der Waals surface area contributed by atoms with E-state index in [-0.39, 0.29) is 11.2 Å². The van der Waals surface area contributed by atoms with Crippen molar-refractivity contribution in [3.8, 4) is 22.3 Å². The van der Waals surface area contributed by atoms with Gasteiger partial charge in [0.2, 0.25) is 0 Å². The van der Waals surface area contributed by atoms with E-state index in [1.54, 1.807) is 6.92 Å². The smallest absolute Gasteiger partial charge is 0.160 e. The third-order valence-electron chi connectivity index (χ3n) is 6.20. The van der Waals surface area contributed by atoms with Crippen LogP contribution in [0.3, 0.4) is 0 Å². The lowest BCUT2D eigenvalue weighted by molar-refractivity contribution is 0.101. The van der Waals surface area contributed by atoms with Gasteiger partial charge in [-0.2, -0.15) is 0 Å². The Labute approximate surface area is 185 Å². The van der Waals surface area contributed by atoms with Gasteiger partial charge in [0.25, 0.3) is 0 Å². The fraction of sp³-hybridized carbons (Fsp3) is 0.167. The highest BCUT2D eigenvalue weighted by molar-refractivity contribution is 5.97. The van der Waals surface area contributed by atoms with Crippen molar-refractivity contribution < 1.29 is 4.79 Å². The monoisotopic (exact) mass is 404 g/mol. The van der Waals surface area contributed by atoms with Crippen LogP contribution in [0.1, 0.15) is 47.8 Å². The molecule has 0 N–H and O–H groups in total. The van der Waals surface area contributed by atoms with Gasteiger partial charge in [-0.25, -0.2) is 0 Å². The molecule has 0 saturated carbocycles. The van der Waals surface area contributed by atoms with E-state index in [9.17, 15) is 4.79 Å². The highest BCUT2D eigenvalue weighted by Gasteiger charge is 2.29. The van der Waals surface area contributed by atoms with Crippen molar-refractivity contribution in [2.75, 3.05) is 0 Å². The molecule has 0 bridgehead atoms. The van der Waals surface area contributed by atoms with Crippen LogP contribution in [0.2, 0.25) is 0 Å². The Hall–Kier alpha value is -3.45. The summed E-state index contributed by atoms with van der Waals surface area (Å²) in [6, 6.07) is 33.7. The molecule has 0 aromatic heterocycles. The first-order valence-corrected chi connectivity index (χ1v) is 10.8. The molecule has 154 valence electrons. The maximum Gasteiger partial charge on any atom is 0.160 e. The molecule has 0 aliphatic rings. The zero-order valence-corrected chi connectivity index (χ0v) is 18.6. The molecule has 0 aliphatic heterocycles. The zero-order valence-electron chi connectivity index (χ0n) is 18.6. The molecule has 4 aromatic carbocycles. The normalized spacial score (nSPS) is 11.4. The van der Waals surface area contributed by atoms with Crippen molar-refractivity contribution in [3.63, 3.8) is 0 Å². The number of aryl methyl sites for hydroxylation is 1. The first-order chi connectivity index (χ1) is 14.9. The molecule has 0 fully saturated rings. The van der Waals surface area contributed by atoms with Crippen molar-refractivity contribution in [1.29, 1.82) is 0 Å². The van der Waals surface area contributed by atoms with Crippen LogP contribution < -0.4 is 0 Å². The number of ketones is 1. The summed E-state index contributed by atoms with van der Waals surface area (Å²) < 4.78 is 0. The van der Waals surface area contributed by atoms with Crippen LogP contribution in [-0.2, 0) is 5.41 Å². The van der Waals surface area contributed by atoms with Gasteiger partial charge in [-0.1, -0.05) is 105 Å². The van der Waals surface area contributed by atoms with Crippen LogP contribution in [0.25, 0.3) is 22.3 Å². The van der Waals surface area contributed by atoms with Crippen molar-refractivity contribution in [2.45, 2.75) is 33.1 Å². The van der Waals surface area contributed by atoms with Crippen molar-refractivity contribution in [3.05, 3.63) is 119 Å². The number of carbonyl (C=O) groups is 1. The van der Waals surface area contributed by atoms with Crippen LogP contribution in [0, 0.1) is 6.92 Å². The lowest BCUT2D eigenvalue weighted by Crippen LogP contribution is -2.23. The lowest BCUT2D eigenvalue weighted by atomic mass is 9.72. The molecule has 0 radical (unpaired) electrons. The summed E-state index contributed by atoms with van der Waals surface area (Å²) in [7, 11) is 0. The Morgan fingerprint density at radius 2 is 1.10 bits per heavy atom. The predicted molar refractivity (Wildman–Crippen MR) is 131 cm³/mol. The summed E-state index contributed by atoms with van der Waals surface area (Å²) in [5.74, 6) is 0.0968. The van der Waals surface area contributed by atoms with Gasteiger partial charge >= 0.3 is 0 Å². The van der Waals surface area contributed by atoms with Gasteiger partial charge in [-0.05, 0) is 58.9 Å². The van der Waals surface area contributed by atoms with Crippen LogP contribution in [0.5, 0.6) is 0 Å². The molecule has 0 spiro atoms. The Balaban J connectivity index is 1.89. The fourth-order valence-electron chi connectivity index (χ4n) is 4.43. The van der Waals surface area contributed by atoms with Crippen LogP contribution in [0.4, 0.5) is 0 Å². The molecular weight excluding hydrogens is 376 g/mol. The molecule has 4 aromatic rings. The van der Waals surface area contributed by atoms with E-state index in [1.807, 2.05) is 30.3 Å². The molecular formula is C30H28O. The maximum absolute atomic E-state index is 12.6.